The minimum absolute atomic E-state index is 0.161. The maximum atomic E-state index is 12.1. The molecule has 0 aromatic rings. The van der Waals surface area contributed by atoms with Gasteiger partial charge in [-0.1, -0.05) is 32.6 Å². The van der Waals surface area contributed by atoms with Gasteiger partial charge in [0.15, 0.2) is 0 Å². The number of hydrogen-bond donors (Lipinski definition) is 1. The second-order valence-electron chi connectivity index (χ2n) is 7.22. The van der Waals surface area contributed by atoms with Crippen molar-refractivity contribution in [1.82, 2.24) is 10.2 Å². The van der Waals surface area contributed by atoms with Gasteiger partial charge in [0, 0.05) is 19.1 Å². The number of amides is 1. The van der Waals surface area contributed by atoms with Crippen LogP contribution in [0.15, 0.2) is 0 Å². The number of unbranched alkanes of at least 4 members (excludes halogenated alkanes) is 3. The summed E-state index contributed by atoms with van der Waals surface area (Å²) in [6.45, 7) is 9.65. The molecule has 21 heavy (non-hydrogen) atoms. The molecule has 0 bridgehead atoms. The third-order valence-corrected chi connectivity index (χ3v) is 4.18. The first-order valence-corrected chi connectivity index (χ1v) is 8.52. The predicted molar refractivity (Wildman–Crippen MR) is 87.5 cm³/mol. The van der Waals surface area contributed by atoms with E-state index in [4.69, 9.17) is 4.74 Å². The zero-order chi connectivity index (χ0) is 15.9. The number of hydrogen-bond acceptors (Lipinski definition) is 3. The Balaban J connectivity index is 2.38. The highest BCUT2D eigenvalue weighted by molar-refractivity contribution is 5.68. The minimum atomic E-state index is -0.405. The molecule has 1 amide bonds. The van der Waals surface area contributed by atoms with Gasteiger partial charge in [0.2, 0.25) is 0 Å². The van der Waals surface area contributed by atoms with Gasteiger partial charge in [-0.15, -0.1) is 0 Å². The number of nitrogens with one attached hydrogen (secondary N) is 1. The first-order valence-electron chi connectivity index (χ1n) is 8.52. The zero-order valence-electron chi connectivity index (χ0n) is 14.6. The highest BCUT2D eigenvalue weighted by atomic mass is 16.6. The van der Waals surface area contributed by atoms with Crippen LogP contribution in [0.1, 0.15) is 66.2 Å². The van der Waals surface area contributed by atoms with E-state index in [1.54, 1.807) is 0 Å². The first kappa shape index (κ1) is 18.3. The predicted octanol–water partition coefficient (Wildman–Crippen LogP) is 3.80. The molecule has 124 valence electrons. The molecule has 0 aliphatic carbocycles. The van der Waals surface area contributed by atoms with Crippen molar-refractivity contribution in [3.8, 4) is 0 Å². The maximum absolute atomic E-state index is 12.1. The van der Waals surface area contributed by atoms with Gasteiger partial charge in [0.1, 0.15) is 5.60 Å². The van der Waals surface area contributed by atoms with Crippen LogP contribution in [-0.2, 0) is 4.74 Å². The van der Waals surface area contributed by atoms with E-state index < -0.39 is 5.60 Å². The maximum Gasteiger partial charge on any atom is 0.410 e. The van der Waals surface area contributed by atoms with Gasteiger partial charge < -0.3 is 15.0 Å². The topological polar surface area (TPSA) is 41.6 Å². The molecule has 2 unspecified atom stereocenters. The van der Waals surface area contributed by atoms with Crippen LogP contribution in [0.5, 0.6) is 0 Å². The van der Waals surface area contributed by atoms with Crippen molar-refractivity contribution in [2.24, 2.45) is 5.92 Å². The van der Waals surface area contributed by atoms with E-state index in [1.165, 1.54) is 32.1 Å². The summed E-state index contributed by atoms with van der Waals surface area (Å²) in [5.41, 5.74) is -0.405. The fourth-order valence-electron chi connectivity index (χ4n) is 3.01. The van der Waals surface area contributed by atoms with Crippen LogP contribution in [-0.4, -0.2) is 42.8 Å². The second kappa shape index (κ2) is 8.62. The Kier molecular flexibility index (Phi) is 7.50. The third kappa shape index (κ3) is 6.68. The summed E-state index contributed by atoms with van der Waals surface area (Å²) in [4.78, 5) is 14.0. The standard InChI is InChI=1S/C17H34N2O2/c1-6-7-8-9-10-15(18-5)14-11-12-19(13-14)16(20)21-17(2,3)4/h14-15,18H,6-13H2,1-5H3. The van der Waals surface area contributed by atoms with Crippen LogP contribution < -0.4 is 5.32 Å². The molecular formula is C17H34N2O2. The monoisotopic (exact) mass is 298 g/mol. The molecular weight excluding hydrogens is 264 g/mol. The molecule has 1 heterocycles. The van der Waals surface area contributed by atoms with E-state index in [2.05, 4.69) is 12.2 Å². The van der Waals surface area contributed by atoms with Crippen molar-refractivity contribution in [2.45, 2.75) is 77.9 Å². The molecule has 2 atom stereocenters. The van der Waals surface area contributed by atoms with Gasteiger partial charge >= 0.3 is 6.09 Å². The molecule has 0 spiro atoms. The fourth-order valence-corrected chi connectivity index (χ4v) is 3.01. The van der Waals surface area contributed by atoms with Crippen molar-refractivity contribution < 1.29 is 9.53 Å². The number of carbonyl (C=O) groups excluding carboxylic acids is 1. The lowest BCUT2D eigenvalue weighted by atomic mass is 9.94. The molecule has 0 radical (unpaired) electrons. The quantitative estimate of drug-likeness (QED) is 0.727. The smallest absolute Gasteiger partial charge is 0.410 e. The van der Waals surface area contributed by atoms with Crippen LogP contribution in [0.2, 0.25) is 0 Å². The van der Waals surface area contributed by atoms with Crippen molar-refractivity contribution >= 4 is 6.09 Å². The summed E-state index contributed by atoms with van der Waals surface area (Å²) >= 11 is 0. The van der Waals surface area contributed by atoms with Crippen LogP contribution in [0.25, 0.3) is 0 Å². The molecule has 0 saturated carbocycles. The zero-order valence-corrected chi connectivity index (χ0v) is 14.6. The van der Waals surface area contributed by atoms with Crippen molar-refractivity contribution in [2.75, 3.05) is 20.1 Å². The van der Waals surface area contributed by atoms with E-state index in [-0.39, 0.29) is 6.09 Å². The Labute approximate surface area is 130 Å². The van der Waals surface area contributed by atoms with Crippen LogP contribution in [0.3, 0.4) is 0 Å². The molecule has 0 aromatic heterocycles. The van der Waals surface area contributed by atoms with Crippen LogP contribution >= 0.6 is 0 Å². The Bertz CT molecular complexity index is 312. The van der Waals surface area contributed by atoms with E-state index in [0.29, 0.717) is 12.0 Å². The lowest BCUT2D eigenvalue weighted by Gasteiger charge is -2.26. The number of likely N-dealkylation sites (tertiary alicyclic amines) is 1. The van der Waals surface area contributed by atoms with Gasteiger partial charge in [-0.05, 0) is 46.6 Å². The van der Waals surface area contributed by atoms with Crippen molar-refractivity contribution in [1.29, 1.82) is 0 Å². The second-order valence-corrected chi connectivity index (χ2v) is 7.22. The van der Waals surface area contributed by atoms with Crippen LogP contribution in [0, 0.1) is 5.92 Å². The highest BCUT2D eigenvalue weighted by Gasteiger charge is 2.33. The average molecular weight is 298 g/mol. The van der Waals surface area contributed by atoms with Crippen molar-refractivity contribution in [3.05, 3.63) is 0 Å². The number of rotatable bonds is 7. The van der Waals surface area contributed by atoms with Gasteiger partial charge in [0.05, 0.1) is 0 Å². The lowest BCUT2D eigenvalue weighted by molar-refractivity contribution is 0.0285. The molecule has 0 aromatic carbocycles. The SMILES string of the molecule is CCCCCCC(NC)C1CCN(C(=O)OC(C)(C)C)C1. The normalized spacial score (nSPS) is 20.6. The number of carbonyl (C=O) groups is 1. The van der Waals surface area contributed by atoms with Gasteiger partial charge in [-0.25, -0.2) is 4.79 Å². The fraction of sp³-hybridized carbons (Fsp3) is 0.941. The summed E-state index contributed by atoms with van der Waals surface area (Å²) in [5.74, 6) is 0.559. The van der Waals surface area contributed by atoms with Gasteiger partial charge in [-0.3, -0.25) is 0 Å². The summed E-state index contributed by atoms with van der Waals surface area (Å²) < 4.78 is 5.46. The van der Waals surface area contributed by atoms with Crippen LogP contribution in [0.4, 0.5) is 4.79 Å². The summed E-state index contributed by atoms with van der Waals surface area (Å²) in [5, 5.41) is 3.45. The Morgan fingerprint density at radius 2 is 2.05 bits per heavy atom. The first-order chi connectivity index (χ1) is 9.87. The molecule has 1 fully saturated rings. The molecule has 1 rings (SSSR count). The molecule has 4 heteroatoms. The Morgan fingerprint density at radius 3 is 2.62 bits per heavy atom. The van der Waals surface area contributed by atoms with Gasteiger partial charge in [0.25, 0.3) is 0 Å². The van der Waals surface area contributed by atoms with Crippen molar-refractivity contribution in [3.63, 3.8) is 0 Å². The number of ether oxygens (including phenoxy) is 1. The largest absolute Gasteiger partial charge is 0.444 e. The van der Waals surface area contributed by atoms with E-state index in [1.807, 2.05) is 32.7 Å². The molecule has 1 aliphatic heterocycles. The number of nitrogens with zero attached hydrogens (tertiary/aromatic N) is 1. The summed E-state index contributed by atoms with van der Waals surface area (Å²) in [6.07, 6.45) is 7.33. The molecule has 4 nitrogen and oxygen atoms in total. The average Bonchev–Trinajstić information content (AvgIpc) is 2.86. The Morgan fingerprint density at radius 1 is 1.33 bits per heavy atom. The molecule has 1 N–H and O–H groups in total. The molecule has 1 saturated heterocycles. The minimum Gasteiger partial charge on any atom is -0.444 e. The van der Waals surface area contributed by atoms with Gasteiger partial charge in [-0.2, -0.15) is 0 Å². The van der Waals surface area contributed by atoms with E-state index in [0.717, 1.165) is 19.5 Å². The lowest BCUT2D eigenvalue weighted by Crippen LogP contribution is -2.38. The van der Waals surface area contributed by atoms with E-state index in [9.17, 15) is 4.79 Å². The van der Waals surface area contributed by atoms with E-state index >= 15 is 0 Å². The third-order valence-electron chi connectivity index (χ3n) is 4.18. The highest BCUT2D eigenvalue weighted by Crippen LogP contribution is 2.24. The molecule has 1 aliphatic rings. The summed E-state index contributed by atoms with van der Waals surface area (Å²) in [6, 6.07) is 0.522. The summed E-state index contributed by atoms with van der Waals surface area (Å²) in [7, 11) is 2.04. The Hall–Kier alpha value is -0.770.